The van der Waals surface area contributed by atoms with E-state index in [0.29, 0.717) is 13.2 Å². The third kappa shape index (κ3) is 3.66. The summed E-state index contributed by atoms with van der Waals surface area (Å²) in [5, 5.41) is 5.68. The molecule has 0 aromatic heterocycles. The molecule has 0 spiro atoms. The zero-order chi connectivity index (χ0) is 15.2. The van der Waals surface area contributed by atoms with Crippen molar-refractivity contribution in [2.75, 3.05) is 29.9 Å². The van der Waals surface area contributed by atoms with E-state index in [4.69, 9.17) is 11.2 Å². The number of benzene rings is 1. The van der Waals surface area contributed by atoms with E-state index in [1.54, 1.807) is 17.9 Å². The number of terminal acetylenes is 1. The van der Waals surface area contributed by atoms with Gasteiger partial charge in [0, 0.05) is 11.4 Å². The van der Waals surface area contributed by atoms with Gasteiger partial charge >= 0.3 is 6.09 Å². The highest BCUT2D eigenvalue weighted by Gasteiger charge is 2.23. The molecule has 1 saturated heterocycles. The molecular formula is C15H17N3O3. The van der Waals surface area contributed by atoms with Crippen LogP contribution in [0, 0.1) is 12.3 Å². The molecule has 0 aliphatic carbocycles. The fraction of sp³-hybridized carbons (Fsp3) is 0.333. The molecule has 1 aliphatic rings. The molecule has 0 saturated carbocycles. The van der Waals surface area contributed by atoms with Crippen molar-refractivity contribution in [3.05, 3.63) is 24.3 Å². The van der Waals surface area contributed by atoms with Gasteiger partial charge in [0.1, 0.15) is 12.6 Å². The Bertz CT molecular complexity index is 580. The lowest BCUT2D eigenvalue weighted by molar-refractivity contribution is -0.121. The van der Waals surface area contributed by atoms with E-state index in [2.05, 4.69) is 16.6 Å². The molecule has 21 heavy (non-hydrogen) atoms. The van der Waals surface area contributed by atoms with Crippen molar-refractivity contribution >= 4 is 23.4 Å². The molecule has 0 bridgehead atoms. The van der Waals surface area contributed by atoms with Gasteiger partial charge in [-0.3, -0.25) is 9.69 Å². The van der Waals surface area contributed by atoms with Gasteiger partial charge in [-0.1, -0.05) is 12.0 Å². The summed E-state index contributed by atoms with van der Waals surface area (Å²) in [5.41, 5.74) is 1.48. The largest absolute Gasteiger partial charge is 0.447 e. The molecule has 110 valence electrons. The summed E-state index contributed by atoms with van der Waals surface area (Å²) in [6, 6.07) is 6.84. The number of rotatable bonds is 5. The summed E-state index contributed by atoms with van der Waals surface area (Å²) in [4.78, 5) is 24.8. The Morgan fingerprint density at radius 1 is 1.57 bits per heavy atom. The summed E-state index contributed by atoms with van der Waals surface area (Å²) in [7, 11) is 0. The lowest BCUT2D eigenvalue weighted by Gasteiger charge is -2.17. The second-order valence-electron chi connectivity index (χ2n) is 4.60. The van der Waals surface area contributed by atoms with E-state index in [9.17, 15) is 9.59 Å². The van der Waals surface area contributed by atoms with Crippen LogP contribution in [0.5, 0.6) is 0 Å². The molecule has 1 fully saturated rings. The Kier molecular flexibility index (Phi) is 4.67. The molecular weight excluding hydrogens is 270 g/mol. The van der Waals surface area contributed by atoms with E-state index < -0.39 is 6.04 Å². The van der Waals surface area contributed by atoms with Crippen LogP contribution < -0.4 is 15.5 Å². The Balaban J connectivity index is 2.02. The highest BCUT2D eigenvalue weighted by molar-refractivity contribution is 5.90. The number of carbonyl (C=O) groups excluding carboxylic acids is 2. The molecule has 1 atom stereocenters. The normalized spacial score (nSPS) is 15.0. The Hall–Kier alpha value is -2.68. The minimum absolute atomic E-state index is 0.182. The van der Waals surface area contributed by atoms with E-state index in [1.807, 2.05) is 18.2 Å². The molecule has 1 heterocycles. The highest BCUT2D eigenvalue weighted by atomic mass is 16.6. The van der Waals surface area contributed by atoms with Crippen LogP contribution >= 0.6 is 0 Å². The Morgan fingerprint density at radius 2 is 2.38 bits per heavy atom. The SMILES string of the molecule is C#CCNC(=O)C(C)Nc1cccc(N2CCOC2=O)c1. The zero-order valence-corrected chi connectivity index (χ0v) is 11.8. The maximum absolute atomic E-state index is 11.7. The quantitative estimate of drug-likeness (QED) is 0.798. The number of hydrogen-bond acceptors (Lipinski definition) is 4. The van der Waals surface area contributed by atoms with Crippen LogP contribution in [0.4, 0.5) is 16.2 Å². The van der Waals surface area contributed by atoms with Crippen LogP contribution in [0.15, 0.2) is 24.3 Å². The first-order valence-corrected chi connectivity index (χ1v) is 6.64. The summed E-state index contributed by atoms with van der Waals surface area (Å²) in [6.45, 7) is 2.86. The van der Waals surface area contributed by atoms with Crippen molar-refractivity contribution in [3.8, 4) is 12.3 Å². The number of ether oxygens (including phenoxy) is 1. The maximum atomic E-state index is 11.7. The number of amides is 2. The number of carbonyl (C=O) groups is 2. The van der Waals surface area contributed by atoms with Gasteiger partial charge in [0.05, 0.1) is 13.1 Å². The standard InChI is InChI=1S/C15H17N3O3/c1-3-7-16-14(19)11(2)17-12-5-4-6-13(10-12)18-8-9-21-15(18)20/h1,4-6,10-11,17H,7-9H2,2H3,(H,16,19). The van der Waals surface area contributed by atoms with Gasteiger partial charge in [-0.05, 0) is 25.1 Å². The average molecular weight is 287 g/mol. The van der Waals surface area contributed by atoms with Gasteiger partial charge in [-0.25, -0.2) is 4.79 Å². The number of nitrogens with one attached hydrogen (secondary N) is 2. The second kappa shape index (κ2) is 6.66. The average Bonchev–Trinajstić information content (AvgIpc) is 2.91. The van der Waals surface area contributed by atoms with Crippen molar-refractivity contribution in [2.45, 2.75) is 13.0 Å². The molecule has 1 unspecified atom stereocenters. The van der Waals surface area contributed by atoms with E-state index >= 15 is 0 Å². The number of anilines is 2. The maximum Gasteiger partial charge on any atom is 0.414 e. The first-order valence-electron chi connectivity index (χ1n) is 6.64. The summed E-state index contributed by atoms with van der Waals surface area (Å²) in [6.07, 6.45) is 4.74. The third-order valence-corrected chi connectivity index (χ3v) is 3.06. The van der Waals surface area contributed by atoms with Gasteiger partial charge in [0.15, 0.2) is 0 Å². The highest BCUT2D eigenvalue weighted by Crippen LogP contribution is 2.22. The lowest BCUT2D eigenvalue weighted by Crippen LogP contribution is -2.37. The first-order chi connectivity index (χ1) is 10.1. The fourth-order valence-corrected chi connectivity index (χ4v) is 2.00. The van der Waals surface area contributed by atoms with Gasteiger partial charge in [-0.2, -0.15) is 0 Å². The minimum atomic E-state index is -0.431. The second-order valence-corrected chi connectivity index (χ2v) is 4.60. The van der Waals surface area contributed by atoms with Gasteiger partial charge < -0.3 is 15.4 Å². The van der Waals surface area contributed by atoms with Crippen LogP contribution in [0.3, 0.4) is 0 Å². The number of cyclic esters (lactones) is 1. The summed E-state index contributed by atoms with van der Waals surface area (Å²) in [5.74, 6) is 2.17. The van der Waals surface area contributed by atoms with Crippen LogP contribution in [-0.4, -0.2) is 37.7 Å². The van der Waals surface area contributed by atoms with Crippen molar-refractivity contribution in [1.82, 2.24) is 5.32 Å². The van der Waals surface area contributed by atoms with Crippen molar-refractivity contribution in [3.63, 3.8) is 0 Å². The van der Waals surface area contributed by atoms with E-state index in [1.165, 1.54) is 0 Å². The van der Waals surface area contributed by atoms with E-state index in [0.717, 1.165) is 11.4 Å². The molecule has 6 nitrogen and oxygen atoms in total. The molecule has 1 aromatic rings. The summed E-state index contributed by atoms with van der Waals surface area (Å²) >= 11 is 0. The topological polar surface area (TPSA) is 70.7 Å². The van der Waals surface area contributed by atoms with Crippen LogP contribution in [0.1, 0.15) is 6.92 Å². The van der Waals surface area contributed by atoms with Crippen molar-refractivity contribution in [2.24, 2.45) is 0 Å². The third-order valence-electron chi connectivity index (χ3n) is 3.06. The van der Waals surface area contributed by atoms with Crippen LogP contribution in [0.2, 0.25) is 0 Å². The molecule has 6 heteroatoms. The molecule has 0 radical (unpaired) electrons. The zero-order valence-electron chi connectivity index (χ0n) is 11.8. The van der Waals surface area contributed by atoms with Crippen molar-refractivity contribution in [1.29, 1.82) is 0 Å². The molecule has 1 aliphatic heterocycles. The predicted molar refractivity (Wildman–Crippen MR) is 80.1 cm³/mol. The molecule has 2 N–H and O–H groups in total. The molecule has 2 rings (SSSR count). The van der Waals surface area contributed by atoms with Gasteiger partial charge in [-0.15, -0.1) is 6.42 Å². The smallest absolute Gasteiger partial charge is 0.414 e. The molecule has 2 amide bonds. The lowest BCUT2D eigenvalue weighted by atomic mass is 10.2. The van der Waals surface area contributed by atoms with Crippen LogP contribution in [0.25, 0.3) is 0 Å². The minimum Gasteiger partial charge on any atom is -0.447 e. The van der Waals surface area contributed by atoms with Gasteiger partial charge in [0.25, 0.3) is 0 Å². The summed E-state index contributed by atoms with van der Waals surface area (Å²) < 4.78 is 4.91. The van der Waals surface area contributed by atoms with E-state index in [-0.39, 0.29) is 18.5 Å². The Labute approximate surface area is 123 Å². The predicted octanol–water partition coefficient (Wildman–Crippen LogP) is 1.19. The number of nitrogens with zero attached hydrogens (tertiary/aromatic N) is 1. The van der Waals surface area contributed by atoms with Gasteiger partial charge in [0.2, 0.25) is 5.91 Å². The fourth-order valence-electron chi connectivity index (χ4n) is 2.00. The van der Waals surface area contributed by atoms with Crippen LogP contribution in [-0.2, 0) is 9.53 Å². The molecule has 1 aromatic carbocycles. The first kappa shape index (κ1) is 14.7. The number of hydrogen-bond donors (Lipinski definition) is 2. The Morgan fingerprint density at radius 3 is 3.05 bits per heavy atom. The monoisotopic (exact) mass is 287 g/mol. The van der Waals surface area contributed by atoms with Crippen molar-refractivity contribution < 1.29 is 14.3 Å².